The summed E-state index contributed by atoms with van der Waals surface area (Å²) in [5, 5.41) is 13.7. The van der Waals surface area contributed by atoms with Crippen molar-refractivity contribution in [3.05, 3.63) is 54.1 Å². The lowest BCUT2D eigenvalue weighted by atomic mass is 10.0. The number of ether oxygens (including phenoxy) is 1. The minimum absolute atomic E-state index is 0.153. The highest BCUT2D eigenvalue weighted by atomic mass is 16.5. The molecule has 7 nitrogen and oxygen atoms in total. The number of guanidine groups is 1. The second kappa shape index (κ2) is 10.2. The third-order valence-electron chi connectivity index (χ3n) is 5.59. The number of phenols is 1. The zero-order valence-electron chi connectivity index (χ0n) is 18.4. The van der Waals surface area contributed by atoms with E-state index in [9.17, 15) is 5.11 Å². The van der Waals surface area contributed by atoms with E-state index >= 15 is 0 Å². The van der Waals surface area contributed by atoms with Gasteiger partial charge in [0.25, 0.3) is 0 Å². The van der Waals surface area contributed by atoms with Gasteiger partial charge in [0.15, 0.2) is 5.96 Å². The number of nitrogens with zero attached hydrogens (tertiary/aromatic N) is 4. The van der Waals surface area contributed by atoms with Crippen LogP contribution in [0.1, 0.15) is 11.6 Å². The van der Waals surface area contributed by atoms with Gasteiger partial charge in [0.2, 0.25) is 0 Å². The fraction of sp³-hybridized carbons (Fsp3) is 0.435. The summed E-state index contributed by atoms with van der Waals surface area (Å²) in [7, 11) is 7.69. The lowest BCUT2D eigenvalue weighted by molar-refractivity contribution is 0.283. The van der Waals surface area contributed by atoms with Crippen LogP contribution in [0, 0.1) is 0 Å². The van der Waals surface area contributed by atoms with E-state index in [1.54, 1.807) is 13.2 Å². The largest absolute Gasteiger partial charge is 0.506 e. The smallest absolute Gasteiger partial charge is 0.193 e. The van der Waals surface area contributed by atoms with E-state index in [0.29, 0.717) is 5.75 Å². The maximum absolute atomic E-state index is 10.1. The number of piperazine rings is 1. The fourth-order valence-corrected chi connectivity index (χ4v) is 3.92. The van der Waals surface area contributed by atoms with Gasteiger partial charge in [-0.3, -0.25) is 4.99 Å². The lowest BCUT2D eigenvalue weighted by Gasteiger charge is -2.38. The first-order valence-corrected chi connectivity index (χ1v) is 10.3. The highest BCUT2D eigenvalue weighted by Gasteiger charge is 2.23. The van der Waals surface area contributed by atoms with Gasteiger partial charge in [0.1, 0.15) is 11.5 Å². The summed E-state index contributed by atoms with van der Waals surface area (Å²) in [5.41, 5.74) is 2.04. The van der Waals surface area contributed by atoms with Crippen LogP contribution in [0.15, 0.2) is 53.5 Å². The predicted octanol–water partition coefficient (Wildman–Crippen LogP) is 2.40. The molecule has 0 saturated carbocycles. The highest BCUT2D eigenvalue weighted by molar-refractivity contribution is 5.80. The van der Waals surface area contributed by atoms with Crippen molar-refractivity contribution in [3.8, 4) is 11.5 Å². The van der Waals surface area contributed by atoms with Crippen molar-refractivity contribution >= 4 is 11.6 Å². The molecule has 2 aromatic rings. The van der Waals surface area contributed by atoms with E-state index < -0.39 is 0 Å². The number of hydrogen-bond donors (Lipinski definition) is 2. The van der Waals surface area contributed by atoms with Gasteiger partial charge in [-0.15, -0.1) is 0 Å². The van der Waals surface area contributed by atoms with Crippen molar-refractivity contribution in [3.63, 3.8) is 0 Å². The fourth-order valence-electron chi connectivity index (χ4n) is 3.92. The molecule has 162 valence electrons. The van der Waals surface area contributed by atoms with Gasteiger partial charge in [-0.2, -0.15) is 0 Å². The quantitative estimate of drug-likeness (QED) is 0.562. The summed E-state index contributed by atoms with van der Waals surface area (Å²) in [5.74, 6) is 2.12. The Hall–Kier alpha value is -2.93. The molecule has 1 unspecified atom stereocenters. The van der Waals surface area contributed by atoms with Crippen molar-refractivity contribution in [1.29, 1.82) is 0 Å². The van der Waals surface area contributed by atoms with Crippen LogP contribution in [-0.4, -0.2) is 81.8 Å². The van der Waals surface area contributed by atoms with Crippen molar-refractivity contribution in [2.45, 2.75) is 6.04 Å². The Bertz CT molecular complexity index is 847. The molecule has 1 heterocycles. The highest BCUT2D eigenvalue weighted by Crippen LogP contribution is 2.28. The van der Waals surface area contributed by atoms with Crippen LogP contribution in [0.25, 0.3) is 0 Å². The van der Waals surface area contributed by atoms with Gasteiger partial charge in [0.05, 0.1) is 18.8 Å². The first-order chi connectivity index (χ1) is 14.5. The van der Waals surface area contributed by atoms with E-state index in [4.69, 9.17) is 4.74 Å². The van der Waals surface area contributed by atoms with Gasteiger partial charge >= 0.3 is 0 Å². The van der Waals surface area contributed by atoms with Gasteiger partial charge < -0.3 is 29.9 Å². The summed E-state index contributed by atoms with van der Waals surface area (Å²) in [6, 6.07) is 15.8. The molecule has 7 heteroatoms. The summed E-state index contributed by atoms with van der Waals surface area (Å²) in [4.78, 5) is 11.2. The molecule has 0 spiro atoms. The number of aromatic hydroxyl groups is 1. The zero-order valence-corrected chi connectivity index (χ0v) is 18.4. The summed E-state index contributed by atoms with van der Waals surface area (Å²) in [6.45, 7) is 4.08. The maximum atomic E-state index is 10.1. The van der Waals surface area contributed by atoms with Crippen LogP contribution in [0.5, 0.6) is 11.5 Å². The Morgan fingerprint density at radius 3 is 2.40 bits per heavy atom. The molecule has 1 aliphatic heterocycles. The number of likely N-dealkylation sites (N-methyl/N-ethyl adjacent to an activating group) is 1. The van der Waals surface area contributed by atoms with Crippen LogP contribution in [-0.2, 0) is 0 Å². The monoisotopic (exact) mass is 411 g/mol. The number of methoxy groups -OCH3 is 1. The zero-order chi connectivity index (χ0) is 21.5. The van der Waals surface area contributed by atoms with Crippen molar-refractivity contribution in [2.75, 3.05) is 65.9 Å². The summed E-state index contributed by atoms with van der Waals surface area (Å²) >= 11 is 0. The van der Waals surface area contributed by atoms with Gasteiger partial charge in [0, 0.05) is 45.3 Å². The van der Waals surface area contributed by atoms with E-state index in [0.717, 1.165) is 55.7 Å². The molecule has 0 amide bonds. The molecule has 1 aliphatic rings. The molecule has 2 aromatic carbocycles. The molecule has 30 heavy (non-hydrogen) atoms. The molecular weight excluding hydrogens is 378 g/mol. The minimum atomic E-state index is 0.153. The van der Waals surface area contributed by atoms with Crippen molar-refractivity contribution in [1.82, 2.24) is 15.1 Å². The number of nitrogens with one attached hydrogen (secondary N) is 1. The number of benzene rings is 2. The minimum Gasteiger partial charge on any atom is -0.506 e. The Kier molecular flexibility index (Phi) is 7.41. The molecule has 2 N–H and O–H groups in total. The van der Waals surface area contributed by atoms with Gasteiger partial charge in [-0.1, -0.05) is 30.3 Å². The molecule has 3 rings (SSSR count). The van der Waals surface area contributed by atoms with Crippen LogP contribution in [0.3, 0.4) is 0 Å². The summed E-state index contributed by atoms with van der Waals surface area (Å²) < 4.78 is 5.57. The number of hydrogen-bond acceptors (Lipinski definition) is 5. The molecular formula is C23H33N5O2. The normalized spacial score (nSPS) is 16.0. The third kappa shape index (κ3) is 4.97. The number of rotatable bonds is 6. The third-order valence-corrected chi connectivity index (χ3v) is 5.59. The van der Waals surface area contributed by atoms with Crippen LogP contribution in [0.4, 0.5) is 5.69 Å². The van der Waals surface area contributed by atoms with E-state index in [2.05, 4.69) is 45.2 Å². The molecule has 0 aliphatic carbocycles. The molecule has 1 atom stereocenters. The van der Waals surface area contributed by atoms with E-state index in [1.807, 2.05) is 43.4 Å². The second-order valence-corrected chi connectivity index (χ2v) is 7.61. The molecule has 0 bridgehead atoms. The van der Waals surface area contributed by atoms with Gasteiger partial charge in [-0.05, 0) is 32.3 Å². The van der Waals surface area contributed by atoms with E-state index in [1.165, 1.54) is 0 Å². The van der Waals surface area contributed by atoms with Crippen LogP contribution >= 0.6 is 0 Å². The van der Waals surface area contributed by atoms with E-state index in [-0.39, 0.29) is 6.04 Å². The first kappa shape index (κ1) is 21.8. The Morgan fingerprint density at radius 1 is 1.10 bits per heavy atom. The Morgan fingerprint density at radius 2 is 1.77 bits per heavy atom. The predicted molar refractivity (Wildman–Crippen MR) is 123 cm³/mol. The number of para-hydroxylation sites is 3. The second-order valence-electron chi connectivity index (χ2n) is 7.61. The summed E-state index contributed by atoms with van der Waals surface area (Å²) in [6.07, 6.45) is 0. The number of anilines is 1. The molecule has 1 fully saturated rings. The molecule has 1 saturated heterocycles. The standard InChI is InChI=1S/C23H33N5O2/c1-24-23(25-17-20(26(2)3)18-9-5-8-12-22(18)30-4)28-15-13-27(14-16-28)19-10-6-7-11-21(19)29/h5-12,20,29H,13-17H2,1-4H3,(H,24,25). The molecule has 0 aromatic heterocycles. The average molecular weight is 412 g/mol. The SMILES string of the molecule is CN=C(NCC(c1ccccc1OC)N(C)C)N1CCN(c2ccccc2O)CC1. The average Bonchev–Trinajstić information content (AvgIpc) is 2.77. The van der Waals surface area contributed by atoms with Crippen molar-refractivity contribution in [2.24, 2.45) is 4.99 Å². The first-order valence-electron chi connectivity index (χ1n) is 10.3. The lowest BCUT2D eigenvalue weighted by Crippen LogP contribution is -2.53. The van der Waals surface area contributed by atoms with Crippen molar-refractivity contribution < 1.29 is 9.84 Å². The maximum Gasteiger partial charge on any atom is 0.193 e. The van der Waals surface area contributed by atoms with Gasteiger partial charge in [-0.25, -0.2) is 0 Å². The number of aliphatic imine (C=N–C) groups is 1. The molecule has 0 radical (unpaired) electrons. The van der Waals surface area contributed by atoms with Crippen LogP contribution < -0.4 is 15.0 Å². The van der Waals surface area contributed by atoms with Crippen LogP contribution in [0.2, 0.25) is 0 Å². The Balaban J connectivity index is 1.62. The number of phenolic OH excluding ortho intramolecular Hbond substituents is 1. The topological polar surface area (TPSA) is 63.6 Å². The Labute approximate surface area is 179 Å².